The molecule has 29 heavy (non-hydrogen) atoms. The van der Waals surface area contributed by atoms with Crippen LogP contribution in [0.3, 0.4) is 0 Å². The number of benzene rings is 3. The summed E-state index contributed by atoms with van der Waals surface area (Å²) in [4.78, 5) is 24.0. The normalized spacial score (nSPS) is 10.6. The number of nitrogens with zero attached hydrogens (tertiary/aromatic N) is 1. The van der Waals surface area contributed by atoms with Crippen molar-refractivity contribution in [2.45, 2.75) is 0 Å². The summed E-state index contributed by atoms with van der Waals surface area (Å²) in [7, 11) is 1.55. The van der Waals surface area contributed by atoms with Crippen molar-refractivity contribution in [3.63, 3.8) is 0 Å². The van der Waals surface area contributed by atoms with Crippen LogP contribution in [-0.4, -0.2) is 25.2 Å². The second-order valence-electron chi connectivity index (χ2n) is 5.89. The van der Waals surface area contributed by atoms with Gasteiger partial charge in [-0.2, -0.15) is 5.10 Å². The number of nitrogens with one attached hydrogen (secondary N) is 1. The molecule has 0 bridgehead atoms. The lowest BCUT2D eigenvalue weighted by Crippen LogP contribution is -2.17. The van der Waals surface area contributed by atoms with Gasteiger partial charge in [-0.3, -0.25) is 4.79 Å². The van der Waals surface area contributed by atoms with Gasteiger partial charge in [-0.25, -0.2) is 14.6 Å². The molecule has 0 heterocycles. The van der Waals surface area contributed by atoms with Gasteiger partial charge in [0.1, 0.15) is 17.3 Å². The largest absolute Gasteiger partial charge is 0.497 e. The van der Waals surface area contributed by atoms with Gasteiger partial charge < -0.3 is 9.47 Å². The molecule has 0 spiro atoms. The third-order valence-corrected chi connectivity index (χ3v) is 3.90. The van der Waals surface area contributed by atoms with Gasteiger partial charge in [0.2, 0.25) is 0 Å². The zero-order chi connectivity index (χ0) is 20.6. The molecule has 3 rings (SSSR count). The Bertz CT molecular complexity index is 1010. The first-order valence-electron chi connectivity index (χ1n) is 8.60. The monoisotopic (exact) mass is 392 g/mol. The number of carbonyl (C=O) groups is 2. The fraction of sp³-hybridized carbons (Fsp3) is 0.0455. The van der Waals surface area contributed by atoms with E-state index in [4.69, 9.17) is 9.47 Å². The maximum atomic E-state index is 12.9. The average molecular weight is 392 g/mol. The molecule has 146 valence electrons. The van der Waals surface area contributed by atoms with Crippen LogP contribution >= 0.6 is 0 Å². The standard InChI is InChI=1S/C22H17FN2O4/c1-28-19-12-6-17(7-13-19)22(27)29-20-10-2-15(3-11-20)14-24-25-21(26)16-4-8-18(23)9-5-16/h2-14H,1H3,(H,25,26)/b24-14-. The van der Waals surface area contributed by atoms with Crippen molar-refractivity contribution < 1.29 is 23.5 Å². The Labute approximate surface area is 166 Å². The summed E-state index contributed by atoms with van der Waals surface area (Å²) >= 11 is 0. The summed E-state index contributed by atoms with van der Waals surface area (Å²) in [5, 5.41) is 3.86. The van der Waals surface area contributed by atoms with E-state index in [9.17, 15) is 14.0 Å². The Balaban J connectivity index is 1.55. The van der Waals surface area contributed by atoms with Gasteiger partial charge in [0, 0.05) is 5.56 Å². The van der Waals surface area contributed by atoms with Crippen molar-refractivity contribution in [1.29, 1.82) is 0 Å². The highest BCUT2D eigenvalue weighted by Crippen LogP contribution is 2.16. The number of methoxy groups -OCH3 is 1. The lowest BCUT2D eigenvalue weighted by atomic mass is 10.2. The minimum Gasteiger partial charge on any atom is -0.497 e. The molecule has 0 aliphatic rings. The number of halogens is 1. The number of esters is 1. The summed E-state index contributed by atoms with van der Waals surface area (Å²) in [6.07, 6.45) is 1.44. The average Bonchev–Trinajstić information content (AvgIpc) is 2.75. The maximum absolute atomic E-state index is 12.9. The first-order chi connectivity index (χ1) is 14.0. The number of carbonyl (C=O) groups excluding carboxylic acids is 2. The summed E-state index contributed by atoms with van der Waals surface area (Å²) in [6.45, 7) is 0. The third kappa shape index (κ3) is 5.49. The van der Waals surface area contributed by atoms with E-state index < -0.39 is 17.7 Å². The van der Waals surface area contributed by atoms with Gasteiger partial charge in [-0.1, -0.05) is 0 Å². The Morgan fingerprint density at radius 3 is 2.07 bits per heavy atom. The maximum Gasteiger partial charge on any atom is 0.343 e. The summed E-state index contributed by atoms with van der Waals surface area (Å²) in [5.74, 6) is -0.334. The topological polar surface area (TPSA) is 77.0 Å². The first-order valence-corrected chi connectivity index (χ1v) is 8.60. The van der Waals surface area contributed by atoms with Crippen LogP contribution < -0.4 is 14.9 Å². The first kappa shape index (κ1) is 19.8. The molecule has 0 unspecified atom stereocenters. The number of rotatable bonds is 6. The third-order valence-electron chi connectivity index (χ3n) is 3.90. The summed E-state index contributed by atoms with van der Waals surface area (Å²) in [5.41, 5.74) is 3.74. The van der Waals surface area contributed by atoms with E-state index in [1.54, 1.807) is 55.6 Å². The van der Waals surface area contributed by atoms with E-state index in [-0.39, 0.29) is 0 Å². The Hall–Kier alpha value is -4.00. The molecule has 0 aliphatic heterocycles. The Morgan fingerprint density at radius 2 is 1.45 bits per heavy atom. The highest BCUT2D eigenvalue weighted by molar-refractivity contribution is 5.95. The van der Waals surface area contributed by atoms with E-state index in [0.29, 0.717) is 28.2 Å². The highest BCUT2D eigenvalue weighted by Gasteiger charge is 2.08. The van der Waals surface area contributed by atoms with E-state index in [2.05, 4.69) is 10.5 Å². The molecular weight excluding hydrogens is 375 g/mol. The van der Waals surface area contributed by atoms with Gasteiger partial charge in [-0.05, 0) is 78.4 Å². The van der Waals surface area contributed by atoms with E-state index >= 15 is 0 Å². The molecule has 1 amide bonds. The van der Waals surface area contributed by atoms with Crippen molar-refractivity contribution in [2.75, 3.05) is 7.11 Å². The van der Waals surface area contributed by atoms with Gasteiger partial charge in [0.05, 0.1) is 18.9 Å². The van der Waals surface area contributed by atoms with E-state index in [1.807, 2.05) is 0 Å². The van der Waals surface area contributed by atoms with Crippen molar-refractivity contribution in [1.82, 2.24) is 5.43 Å². The van der Waals surface area contributed by atoms with Gasteiger partial charge >= 0.3 is 5.97 Å². The lowest BCUT2D eigenvalue weighted by molar-refractivity contribution is 0.0734. The smallest absolute Gasteiger partial charge is 0.343 e. The quantitative estimate of drug-likeness (QED) is 0.299. The molecule has 0 fully saturated rings. The predicted molar refractivity (Wildman–Crippen MR) is 106 cm³/mol. The van der Waals surface area contributed by atoms with Gasteiger partial charge in [0.15, 0.2) is 0 Å². The zero-order valence-corrected chi connectivity index (χ0v) is 15.5. The Kier molecular flexibility index (Phi) is 6.32. The fourth-order valence-corrected chi connectivity index (χ4v) is 2.35. The second kappa shape index (κ2) is 9.27. The molecule has 3 aromatic rings. The van der Waals surface area contributed by atoms with E-state index in [1.165, 1.54) is 30.5 Å². The van der Waals surface area contributed by atoms with Crippen molar-refractivity contribution in [2.24, 2.45) is 5.10 Å². The molecule has 0 saturated carbocycles. The Morgan fingerprint density at radius 1 is 0.862 bits per heavy atom. The van der Waals surface area contributed by atoms with Crippen molar-refractivity contribution in [3.8, 4) is 11.5 Å². The SMILES string of the molecule is COc1ccc(C(=O)Oc2ccc(/C=N\NC(=O)c3ccc(F)cc3)cc2)cc1. The van der Waals surface area contributed by atoms with Crippen LogP contribution in [0.5, 0.6) is 11.5 Å². The number of hydrazone groups is 1. The molecule has 0 atom stereocenters. The number of ether oxygens (including phenoxy) is 2. The number of hydrogen-bond donors (Lipinski definition) is 1. The van der Waals surface area contributed by atoms with Crippen molar-refractivity contribution in [3.05, 3.63) is 95.3 Å². The lowest BCUT2D eigenvalue weighted by Gasteiger charge is -2.05. The van der Waals surface area contributed by atoms with Crippen LogP contribution in [-0.2, 0) is 0 Å². The fourth-order valence-electron chi connectivity index (χ4n) is 2.35. The zero-order valence-electron chi connectivity index (χ0n) is 15.5. The van der Waals surface area contributed by atoms with Crippen LogP contribution in [0.4, 0.5) is 4.39 Å². The molecule has 0 aliphatic carbocycles. The molecule has 0 radical (unpaired) electrons. The summed E-state index contributed by atoms with van der Waals surface area (Å²) < 4.78 is 23.2. The number of amides is 1. The molecule has 0 saturated heterocycles. The van der Waals surface area contributed by atoms with Crippen molar-refractivity contribution >= 4 is 18.1 Å². The van der Waals surface area contributed by atoms with Crippen LogP contribution in [0.1, 0.15) is 26.3 Å². The minimum absolute atomic E-state index is 0.296. The van der Waals surface area contributed by atoms with Crippen LogP contribution in [0.15, 0.2) is 77.9 Å². The predicted octanol–water partition coefficient (Wildman–Crippen LogP) is 3.82. The van der Waals surface area contributed by atoms with E-state index in [0.717, 1.165) is 0 Å². The molecule has 1 N–H and O–H groups in total. The van der Waals surface area contributed by atoms with Crippen LogP contribution in [0.25, 0.3) is 0 Å². The molecule has 7 heteroatoms. The molecule has 6 nitrogen and oxygen atoms in total. The number of hydrogen-bond acceptors (Lipinski definition) is 5. The summed E-state index contributed by atoms with van der Waals surface area (Å²) in [6, 6.07) is 18.3. The van der Waals surface area contributed by atoms with Crippen LogP contribution in [0, 0.1) is 5.82 Å². The highest BCUT2D eigenvalue weighted by atomic mass is 19.1. The molecule has 0 aromatic heterocycles. The van der Waals surface area contributed by atoms with Gasteiger partial charge in [0.25, 0.3) is 5.91 Å². The second-order valence-corrected chi connectivity index (χ2v) is 5.89. The van der Waals surface area contributed by atoms with Crippen LogP contribution in [0.2, 0.25) is 0 Å². The molecule has 3 aromatic carbocycles. The minimum atomic E-state index is -0.486. The molecular formula is C22H17FN2O4. The van der Waals surface area contributed by atoms with Gasteiger partial charge in [-0.15, -0.1) is 0 Å².